The lowest BCUT2D eigenvalue weighted by Gasteiger charge is -2.25. The maximum Gasteiger partial charge on any atom is 0.193 e. The van der Waals surface area contributed by atoms with Crippen LogP contribution in [-0.4, -0.2) is 73.2 Å². The van der Waals surface area contributed by atoms with E-state index in [-0.39, 0.29) is 0 Å². The summed E-state index contributed by atoms with van der Waals surface area (Å²) in [6, 6.07) is 4.42. The Bertz CT molecular complexity index is 537. The van der Waals surface area contributed by atoms with Crippen LogP contribution in [0.25, 0.3) is 0 Å². The SMILES string of the molecule is CN=C(NCCOc1cccnc1)N1CCC(N2CC=CC2)C1. The van der Waals surface area contributed by atoms with Crippen molar-refractivity contribution in [3.05, 3.63) is 36.7 Å². The van der Waals surface area contributed by atoms with Crippen molar-refractivity contribution in [1.82, 2.24) is 20.1 Å². The van der Waals surface area contributed by atoms with Crippen molar-refractivity contribution in [3.8, 4) is 5.75 Å². The van der Waals surface area contributed by atoms with Crippen molar-refractivity contribution in [2.24, 2.45) is 4.99 Å². The minimum atomic E-state index is 0.595. The summed E-state index contributed by atoms with van der Waals surface area (Å²) < 4.78 is 5.65. The maximum atomic E-state index is 5.65. The zero-order valence-corrected chi connectivity index (χ0v) is 13.7. The first-order valence-corrected chi connectivity index (χ1v) is 8.24. The summed E-state index contributed by atoms with van der Waals surface area (Å²) in [6.07, 6.45) is 9.18. The number of guanidine groups is 1. The number of hydrogen-bond donors (Lipinski definition) is 1. The lowest BCUT2D eigenvalue weighted by atomic mass is 10.2. The van der Waals surface area contributed by atoms with Gasteiger partial charge in [-0.3, -0.25) is 14.9 Å². The van der Waals surface area contributed by atoms with Crippen LogP contribution in [0, 0.1) is 0 Å². The molecule has 0 saturated carbocycles. The summed E-state index contributed by atoms with van der Waals surface area (Å²) in [5.41, 5.74) is 0. The molecule has 1 N–H and O–H groups in total. The largest absolute Gasteiger partial charge is 0.490 e. The van der Waals surface area contributed by atoms with Crippen LogP contribution in [0.4, 0.5) is 0 Å². The molecule has 1 fully saturated rings. The highest BCUT2D eigenvalue weighted by Gasteiger charge is 2.29. The van der Waals surface area contributed by atoms with Crippen molar-refractivity contribution >= 4 is 5.96 Å². The number of nitrogens with one attached hydrogen (secondary N) is 1. The summed E-state index contributed by atoms with van der Waals surface area (Å²) in [4.78, 5) is 13.3. The molecule has 0 amide bonds. The Morgan fingerprint density at radius 1 is 1.43 bits per heavy atom. The molecule has 2 aliphatic rings. The van der Waals surface area contributed by atoms with Gasteiger partial charge in [-0.15, -0.1) is 0 Å². The van der Waals surface area contributed by atoms with Gasteiger partial charge in [0, 0.05) is 45.5 Å². The Morgan fingerprint density at radius 3 is 3.04 bits per heavy atom. The van der Waals surface area contributed by atoms with Gasteiger partial charge in [0.25, 0.3) is 0 Å². The van der Waals surface area contributed by atoms with Crippen LogP contribution >= 0.6 is 0 Å². The van der Waals surface area contributed by atoms with Crippen LogP contribution in [0.2, 0.25) is 0 Å². The van der Waals surface area contributed by atoms with Gasteiger partial charge in [-0.05, 0) is 18.6 Å². The number of likely N-dealkylation sites (tertiary alicyclic amines) is 1. The van der Waals surface area contributed by atoms with E-state index in [1.807, 2.05) is 19.2 Å². The predicted octanol–water partition coefficient (Wildman–Crippen LogP) is 0.982. The highest BCUT2D eigenvalue weighted by molar-refractivity contribution is 5.80. The molecule has 0 bridgehead atoms. The molecule has 3 heterocycles. The average Bonchev–Trinajstić information content (AvgIpc) is 3.27. The smallest absolute Gasteiger partial charge is 0.193 e. The number of rotatable bonds is 5. The molecule has 1 unspecified atom stereocenters. The minimum Gasteiger partial charge on any atom is -0.490 e. The van der Waals surface area contributed by atoms with Crippen molar-refractivity contribution < 1.29 is 4.74 Å². The van der Waals surface area contributed by atoms with Crippen LogP contribution in [0.15, 0.2) is 41.7 Å². The summed E-state index contributed by atoms with van der Waals surface area (Å²) in [7, 11) is 1.84. The molecule has 1 atom stereocenters. The number of ether oxygens (including phenoxy) is 1. The molecule has 1 aromatic heterocycles. The normalized spacial score (nSPS) is 21.9. The standard InChI is InChI=1S/C17H25N5O/c1-18-17(20-8-12-23-16-5-4-7-19-13-16)22-11-6-15(14-22)21-9-2-3-10-21/h2-5,7,13,15H,6,8-12,14H2,1H3,(H,18,20). The van der Waals surface area contributed by atoms with Gasteiger partial charge in [0.15, 0.2) is 5.96 Å². The molecule has 6 heteroatoms. The van der Waals surface area contributed by atoms with E-state index in [4.69, 9.17) is 4.74 Å². The highest BCUT2D eigenvalue weighted by atomic mass is 16.5. The Kier molecular flexibility index (Phi) is 5.47. The molecule has 0 radical (unpaired) electrons. The molecule has 3 rings (SSSR count). The third-order valence-electron chi connectivity index (χ3n) is 4.33. The van der Waals surface area contributed by atoms with E-state index < -0.39 is 0 Å². The first kappa shape index (κ1) is 15.8. The Labute approximate surface area is 137 Å². The molecular formula is C17H25N5O. The maximum absolute atomic E-state index is 5.65. The molecule has 124 valence electrons. The third-order valence-corrected chi connectivity index (χ3v) is 4.33. The number of aromatic nitrogens is 1. The van der Waals surface area contributed by atoms with E-state index in [9.17, 15) is 0 Å². The van der Waals surface area contributed by atoms with Gasteiger partial charge in [0.05, 0.1) is 12.7 Å². The summed E-state index contributed by atoms with van der Waals surface area (Å²) >= 11 is 0. The van der Waals surface area contributed by atoms with Crippen LogP contribution in [0.1, 0.15) is 6.42 Å². The molecule has 23 heavy (non-hydrogen) atoms. The molecule has 1 aromatic rings. The third kappa shape index (κ3) is 4.22. The Morgan fingerprint density at radius 2 is 2.30 bits per heavy atom. The van der Waals surface area contributed by atoms with Crippen LogP contribution in [0.5, 0.6) is 5.75 Å². The topological polar surface area (TPSA) is 53.0 Å². The first-order chi connectivity index (χ1) is 11.4. The van der Waals surface area contributed by atoms with Crippen molar-refractivity contribution in [2.45, 2.75) is 12.5 Å². The number of hydrogen-bond acceptors (Lipinski definition) is 4. The number of pyridine rings is 1. The fourth-order valence-corrected chi connectivity index (χ4v) is 3.12. The molecule has 0 aromatic carbocycles. The highest BCUT2D eigenvalue weighted by Crippen LogP contribution is 2.17. The van der Waals surface area contributed by atoms with Gasteiger partial charge in [-0.25, -0.2) is 0 Å². The van der Waals surface area contributed by atoms with Gasteiger partial charge in [-0.2, -0.15) is 0 Å². The van der Waals surface area contributed by atoms with Crippen molar-refractivity contribution in [3.63, 3.8) is 0 Å². The molecule has 1 saturated heterocycles. The van der Waals surface area contributed by atoms with Gasteiger partial charge in [-0.1, -0.05) is 12.2 Å². The van der Waals surface area contributed by atoms with Crippen LogP contribution in [-0.2, 0) is 0 Å². The lowest BCUT2D eigenvalue weighted by Crippen LogP contribution is -2.43. The summed E-state index contributed by atoms with van der Waals surface area (Å²) in [6.45, 7) is 5.61. The van der Waals surface area contributed by atoms with E-state index in [1.165, 1.54) is 6.42 Å². The van der Waals surface area contributed by atoms with E-state index in [1.54, 1.807) is 12.4 Å². The van der Waals surface area contributed by atoms with E-state index in [0.29, 0.717) is 12.6 Å². The Balaban J connectivity index is 1.40. The number of nitrogens with zero attached hydrogens (tertiary/aromatic N) is 4. The molecule has 6 nitrogen and oxygen atoms in total. The van der Waals surface area contributed by atoms with Crippen LogP contribution in [0.3, 0.4) is 0 Å². The second kappa shape index (κ2) is 7.97. The Hall–Kier alpha value is -2.08. The minimum absolute atomic E-state index is 0.595. The zero-order valence-electron chi connectivity index (χ0n) is 13.7. The second-order valence-corrected chi connectivity index (χ2v) is 5.83. The second-order valence-electron chi connectivity index (χ2n) is 5.83. The summed E-state index contributed by atoms with van der Waals surface area (Å²) in [5, 5.41) is 3.39. The van der Waals surface area contributed by atoms with E-state index >= 15 is 0 Å². The fraction of sp³-hybridized carbons (Fsp3) is 0.529. The molecule has 2 aliphatic heterocycles. The van der Waals surface area contributed by atoms with E-state index in [0.717, 1.165) is 44.4 Å². The first-order valence-electron chi connectivity index (χ1n) is 8.24. The molecule has 0 spiro atoms. The quantitative estimate of drug-likeness (QED) is 0.380. The van der Waals surface area contributed by atoms with Gasteiger partial charge >= 0.3 is 0 Å². The number of aliphatic imine (C=N–C) groups is 1. The van der Waals surface area contributed by atoms with Crippen molar-refractivity contribution in [2.75, 3.05) is 46.4 Å². The van der Waals surface area contributed by atoms with E-state index in [2.05, 4.69) is 37.2 Å². The predicted molar refractivity (Wildman–Crippen MR) is 91.8 cm³/mol. The van der Waals surface area contributed by atoms with Crippen molar-refractivity contribution in [1.29, 1.82) is 0 Å². The van der Waals surface area contributed by atoms with Gasteiger partial charge < -0.3 is 15.0 Å². The molecule has 0 aliphatic carbocycles. The van der Waals surface area contributed by atoms with Crippen LogP contribution < -0.4 is 10.1 Å². The zero-order chi connectivity index (χ0) is 15.9. The fourth-order valence-electron chi connectivity index (χ4n) is 3.12. The molecular weight excluding hydrogens is 290 g/mol. The average molecular weight is 315 g/mol. The van der Waals surface area contributed by atoms with Gasteiger partial charge in [0.2, 0.25) is 0 Å². The monoisotopic (exact) mass is 315 g/mol. The summed E-state index contributed by atoms with van der Waals surface area (Å²) in [5.74, 6) is 1.77. The lowest BCUT2D eigenvalue weighted by molar-refractivity contribution is 0.259. The van der Waals surface area contributed by atoms with Gasteiger partial charge in [0.1, 0.15) is 12.4 Å².